The molecule has 0 radical (unpaired) electrons. The molecular weight excluding hydrogens is 256 g/mol. The highest BCUT2D eigenvalue weighted by atomic mass is 32.2. The van der Waals surface area contributed by atoms with E-state index in [4.69, 9.17) is 5.26 Å². The third-order valence-corrected chi connectivity index (χ3v) is 3.47. The molecule has 0 bridgehead atoms. The van der Waals surface area contributed by atoms with Gasteiger partial charge in [0, 0.05) is 26.5 Å². The van der Waals surface area contributed by atoms with Gasteiger partial charge < -0.3 is 0 Å². The molecule has 2 heterocycles. The Morgan fingerprint density at radius 3 is 2.61 bits per heavy atom. The van der Waals surface area contributed by atoms with Crippen molar-refractivity contribution < 1.29 is 8.42 Å². The lowest BCUT2D eigenvalue weighted by atomic mass is 10.4. The van der Waals surface area contributed by atoms with Crippen molar-refractivity contribution >= 4 is 15.8 Å². The maximum atomic E-state index is 12.0. The summed E-state index contributed by atoms with van der Waals surface area (Å²) in [6.45, 7) is 0. The zero-order valence-corrected chi connectivity index (χ0v) is 10.5. The van der Waals surface area contributed by atoms with Crippen molar-refractivity contribution in [1.29, 1.82) is 5.26 Å². The summed E-state index contributed by atoms with van der Waals surface area (Å²) in [6, 6.07) is 1.86. The van der Waals surface area contributed by atoms with Crippen molar-refractivity contribution in [1.82, 2.24) is 19.6 Å². The van der Waals surface area contributed by atoms with Crippen LogP contribution in [0, 0.1) is 11.3 Å². The Labute approximate surface area is 104 Å². The van der Waals surface area contributed by atoms with Gasteiger partial charge in [0.15, 0.2) is 5.82 Å². The van der Waals surface area contributed by atoms with Crippen LogP contribution in [0.25, 0.3) is 0 Å². The Hall–Kier alpha value is -2.34. The van der Waals surface area contributed by atoms with Crippen molar-refractivity contribution in [3.63, 3.8) is 0 Å². The molecule has 1 N–H and O–H groups in total. The van der Waals surface area contributed by atoms with Crippen LogP contribution in [0.3, 0.4) is 0 Å². The standard InChI is InChI=1S/C9H10N6O2S/c1-14-6-8(4-11-14)18(16,17)13-9-7(3-10)5-15(2)12-9/h4-6H,1-2H3,(H,12,13). The second-order valence-electron chi connectivity index (χ2n) is 3.63. The fourth-order valence-electron chi connectivity index (χ4n) is 1.37. The van der Waals surface area contributed by atoms with Crippen LogP contribution in [-0.4, -0.2) is 28.0 Å². The molecule has 18 heavy (non-hydrogen) atoms. The average Bonchev–Trinajstić information content (AvgIpc) is 2.84. The third-order valence-electron chi connectivity index (χ3n) is 2.17. The molecule has 0 fully saturated rings. The lowest BCUT2D eigenvalue weighted by Crippen LogP contribution is -2.13. The van der Waals surface area contributed by atoms with E-state index >= 15 is 0 Å². The highest BCUT2D eigenvalue weighted by Crippen LogP contribution is 2.16. The van der Waals surface area contributed by atoms with E-state index in [9.17, 15) is 8.42 Å². The molecule has 0 saturated carbocycles. The van der Waals surface area contributed by atoms with E-state index < -0.39 is 10.0 Å². The van der Waals surface area contributed by atoms with Gasteiger partial charge in [-0.3, -0.25) is 14.1 Å². The molecule has 0 aliphatic heterocycles. The molecule has 94 valence electrons. The van der Waals surface area contributed by atoms with Crippen LogP contribution in [0.15, 0.2) is 23.5 Å². The van der Waals surface area contributed by atoms with Crippen LogP contribution in [0.4, 0.5) is 5.82 Å². The summed E-state index contributed by atoms with van der Waals surface area (Å²) >= 11 is 0. The average molecular weight is 266 g/mol. The van der Waals surface area contributed by atoms with Crippen LogP contribution < -0.4 is 4.72 Å². The smallest absolute Gasteiger partial charge is 0.266 e. The molecule has 0 unspecified atom stereocenters. The van der Waals surface area contributed by atoms with Gasteiger partial charge in [0.05, 0.1) is 6.20 Å². The summed E-state index contributed by atoms with van der Waals surface area (Å²) in [4.78, 5) is 0.0135. The van der Waals surface area contributed by atoms with Gasteiger partial charge in [-0.05, 0) is 0 Å². The van der Waals surface area contributed by atoms with Gasteiger partial charge in [-0.15, -0.1) is 0 Å². The zero-order valence-electron chi connectivity index (χ0n) is 9.69. The molecule has 0 atom stereocenters. The van der Waals surface area contributed by atoms with Crippen LogP contribution in [0.1, 0.15) is 5.56 Å². The van der Waals surface area contributed by atoms with E-state index in [0.29, 0.717) is 0 Å². The lowest BCUT2D eigenvalue weighted by Gasteiger charge is -2.02. The quantitative estimate of drug-likeness (QED) is 0.830. The summed E-state index contributed by atoms with van der Waals surface area (Å²) in [6.07, 6.45) is 4.01. The van der Waals surface area contributed by atoms with E-state index in [0.717, 1.165) is 0 Å². The maximum absolute atomic E-state index is 12.0. The van der Waals surface area contributed by atoms with E-state index in [2.05, 4.69) is 14.9 Å². The van der Waals surface area contributed by atoms with Crippen molar-refractivity contribution in [3.05, 3.63) is 24.2 Å². The van der Waals surface area contributed by atoms with Crippen LogP contribution in [-0.2, 0) is 24.1 Å². The van der Waals surface area contributed by atoms with Crippen molar-refractivity contribution in [2.24, 2.45) is 14.1 Å². The number of rotatable bonds is 3. The minimum absolute atomic E-state index is 0.00357. The highest BCUT2D eigenvalue weighted by molar-refractivity contribution is 7.92. The minimum atomic E-state index is -3.77. The number of nitriles is 1. The monoisotopic (exact) mass is 266 g/mol. The second kappa shape index (κ2) is 4.15. The molecule has 0 saturated heterocycles. The molecule has 0 spiro atoms. The summed E-state index contributed by atoms with van der Waals surface area (Å²) < 4.78 is 28.9. The predicted octanol–water partition coefficient (Wildman–Crippen LogP) is -0.174. The molecule has 0 amide bonds. The van der Waals surface area contributed by atoms with Gasteiger partial charge in [-0.1, -0.05) is 0 Å². The number of sulfonamides is 1. The van der Waals surface area contributed by atoms with Crippen molar-refractivity contribution in [2.75, 3.05) is 4.72 Å². The second-order valence-corrected chi connectivity index (χ2v) is 5.31. The fourth-order valence-corrected chi connectivity index (χ4v) is 2.37. The fraction of sp³-hybridized carbons (Fsp3) is 0.222. The number of nitrogens with one attached hydrogen (secondary N) is 1. The van der Waals surface area contributed by atoms with Crippen molar-refractivity contribution in [3.8, 4) is 6.07 Å². The highest BCUT2D eigenvalue weighted by Gasteiger charge is 2.19. The first-order chi connectivity index (χ1) is 8.42. The maximum Gasteiger partial charge on any atom is 0.266 e. The molecule has 9 heteroatoms. The summed E-state index contributed by atoms with van der Waals surface area (Å²) in [5.41, 5.74) is 0.157. The predicted molar refractivity (Wildman–Crippen MR) is 61.9 cm³/mol. The minimum Gasteiger partial charge on any atom is -0.274 e. The van der Waals surface area contributed by atoms with E-state index in [1.54, 1.807) is 14.1 Å². The largest absolute Gasteiger partial charge is 0.274 e. The Morgan fingerprint density at radius 1 is 1.33 bits per heavy atom. The van der Waals surface area contributed by atoms with Gasteiger partial charge in [0.2, 0.25) is 0 Å². The lowest BCUT2D eigenvalue weighted by molar-refractivity contribution is 0.600. The van der Waals surface area contributed by atoms with Crippen LogP contribution >= 0.6 is 0 Å². The van der Waals surface area contributed by atoms with Gasteiger partial charge in [-0.25, -0.2) is 8.42 Å². The first kappa shape index (κ1) is 12.1. The topological polar surface area (TPSA) is 106 Å². The third kappa shape index (κ3) is 2.18. The number of hydrogen-bond donors (Lipinski definition) is 1. The Kier molecular flexibility index (Phi) is 2.80. The first-order valence-electron chi connectivity index (χ1n) is 4.87. The SMILES string of the molecule is Cn1cc(S(=O)(=O)Nc2nn(C)cc2C#N)cn1. The Bertz CT molecular complexity index is 721. The molecule has 8 nitrogen and oxygen atoms in total. The summed E-state index contributed by atoms with van der Waals surface area (Å²) in [7, 11) is -0.561. The van der Waals surface area contributed by atoms with E-state index in [-0.39, 0.29) is 16.3 Å². The van der Waals surface area contributed by atoms with Gasteiger partial charge in [-0.2, -0.15) is 15.5 Å². The van der Waals surface area contributed by atoms with Gasteiger partial charge in [0.25, 0.3) is 10.0 Å². The van der Waals surface area contributed by atoms with E-state index in [1.165, 1.54) is 28.0 Å². The van der Waals surface area contributed by atoms with Crippen LogP contribution in [0.5, 0.6) is 0 Å². The van der Waals surface area contributed by atoms with Crippen LogP contribution in [0.2, 0.25) is 0 Å². The molecule has 0 aromatic carbocycles. The molecule has 2 aromatic heterocycles. The van der Waals surface area contributed by atoms with Gasteiger partial charge in [0.1, 0.15) is 16.5 Å². The summed E-state index contributed by atoms with van der Waals surface area (Å²) in [5, 5.41) is 16.5. The molecule has 0 aliphatic carbocycles. The summed E-state index contributed by atoms with van der Waals surface area (Å²) in [5.74, 6) is 0.00357. The van der Waals surface area contributed by atoms with E-state index in [1.807, 2.05) is 6.07 Å². The Morgan fingerprint density at radius 2 is 2.06 bits per heavy atom. The first-order valence-corrected chi connectivity index (χ1v) is 6.36. The number of nitrogens with zero attached hydrogens (tertiary/aromatic N) is 5. The molecule has 0 aliphatic rings. The number of aromatic nitrogens is 4. The number of aryl methyl sites for hydroxylation is 2. The molecular formula is C9H10N6O2S. The van der Waals surface area contributed by atoms with Crippen molar-refractivity contribution in [2.45, 2.75) is 4.90 Å². The molecule has 2 rings (SSSR count). The number of anilines is 1. The number of hydrogen-bond acceptors (Lipinski definition) is 5. The normalized spacial score (nSPS) is 11.2. The Balaban J connectivity index is 2.37. The zero-order chi connectivity index (χ0) is 13.3. The molecule has 2 aromatic rings. The van der Waals surface area contributed by atoms with Gasteiger partial charge >= 0.3 is 0 Å².